The van der Waals surface area contributed by atoms with Gasteiger partial charge in [-0.2, -0.15) is 0 Å². The number of carbonyl (C=O) groups is 1. The molecule has 0 spiro atoms. The summed E-state index contributed by atoms with van der Waals surface area (Å²) >= 11 is 0. The van der Waals surface area contributed by atoms with Crippen LogP contribution < -0.4 is 10.1 Å². The molecule has 1 heterocycles. The molecule has 3 aromatic rings. The molecule has 6 heteroatoms. The van der Waals surface area contributed by atoms with Crippen LogP contribution in [0.15, 0.2) is 72.8 Å². The number of nitrogens with one attached hydrogen (secondary N) is 1. The first-order valence-corrected chi connectivity index (χ1v) is 10.1. The second-order valence-corrected chi connectivity index (χ2v) is 7.42. The molecule has 1 saturated heterocycles. The van der Waals surface area contributed by atoms with Gasteiger partial charge in [-0.3, -0.25) is 0 Å². The van der Waals surface area contributed by atoms with Gasteiger partial charge in [0, 0.05) is 12.6 Å². The molecule has 1 atom stereocenters. The number of hydrogen-bond acceptors (Lipinski definition) is 4. The molecular weight excluding hydrogens is 375 g/mol. The topological polar surface area (TPSA) is 61.8 Å². The van der Waals surface area contributed by atoms with Crippen LogP contribution in [0, 0.1) is 0 Å². The summed E-state index contributed by atoms with van der Waals surface area (Å²) < 4.78 is 6.15. The second-order valence-electron chi connectivity index (χ2n) is 7.42. The van der Waals surface area contributed by atoms with Crippen molar-refractivity contribution in [2.75, 3.05) is 18.4 Å². The summed E-state index contributed by atoms with van der Waals surface area (Å²) in [6.07, 6.45) is 2.17. The molecule has 5 nitrogen and oxygen atoms in total. The fraction of sp³-hybridized carbons (Fsp3) is 0.208. The van der Waals surface area contributed by atoms with Crippen molar-refractivity contribution in [2.45, 2.75) is 18.9 Å². The summed E-state index contributed by atoms with van der Waals surface area (Å²) in [4.78, 5) is 13.0. The van der Waals surface area contributed by atoms with Crippen molar-refractivity contribution in [3.8, 4) is 22.6 Å². The van der Waals surface area contributed by atoms with E-state index in [1.165, 1.54) is 12.1 Å². The largest absolute Gasteiger partial charge is 0.478 e. The number of rotatable bonds is 7. The Bertz CT molecular complexity index is 1010. The van der Waals surface area contributed by atoms with Gasteiger partial charge in [-0.1, -0.05) is 36.4 Å². The lowest BCUT2D eigenvalue weighted by Crippen LogP contribution is -2.32. The normalized spacial score (nSPS) is 16.3. The van der Waals surface area contributed by atoms with E-state index >= 15 is 0 Å². The van der Waals surface area contributed by atoms with Gasteiger partial charge in [0.1, 0.15) is 5.75 Å². The lowest BCUT2D eigenvalue weighted by atomic mass is 10.0. The molecule has 2 N–H and O–H groups in total. The Kier molecular flexibility index (Phi) is 6.05. The smallest absolute Gasteiger partial charge is 0.335 e. The molecule has 0 amide bonds. The Hall–Kier alpha value is -3.25. The summed E-state index contributed by atoms with van der Waals surface area (Å²) in [5.74, 6) is 0.299. The molecule has 150 valence electrons. The van der Waals surface area contributed by atoms with E-state index in [1.54, 1.807) is 12.1 Å². The van der Waals surface area contributed by atoms with E-state index < -0.39 is 5.97 Å². The van der Waals surface area contributed by atoms with Crippen LogP contribution in [0.3, 0.4) is 0 Å². The third-order valence-electron chi connectivity index (χ3n) is 5.37. The molecule has 0 aromatic heterocycles. The van der Waals surface area contributed by atoms with E-state index in [2.05, 4.69) is 23.5 Å². The zero-order valence-electron chi connectivity index (χ0n) is 16.6. The molecule has 0 unspecified atom stereocenters. The van der Waals surface area contributed by atoms with Crippen molar-refractivity contribution in [2.24, 2.45) is 0 Å². The van der Waals surface area contributed by atoms with Gasteiger partial charge in [-0.05, 0) is 66.9 Å². The minimum atomic E-state index is -0.960. The van der Waals surface area contributed by atoms with Crippen LogP contribution in [0.25, 0.3) is 11.1 Å². The van der Waals surface area contributed by atoms with E-state index in [0.29, 0.717) is 17.5 Å². The van der Waals surface area contributed by atoms with Crippen molar-refractivity contribution in [1.82, 2.24) is 4.81 Å². The molecule has 0 saturated carbocycles. The van der Waals surface area contributed by atoms with Gasteiger partial charge in [0.05, 0.1) is 11.3 Å². The molecule has 30 heavy (non-hydrogen) atoms. The van der Waals surface area contributed by atoms with Crippen molar-refractivity contribution in [3.05, 3.63) is 78.4 Å². The number of nitrogens with zero attached hydrogens (tertiary/aromatic N) is 1. The van der Waals surface area contributed by atoms with Gasteiger partial charge < -0.3 is 20.0 Å². The number of benzene rings is 3. The Labute approximate surface area is 177 Å². The zero-order chi connectivity index (χ0) is 20.9. The minimum Gasteiger partial charge on any atom is -0.478 e. The highest BCUT2D eigenvalue weighted by molar-refractivity contribution is 6.04. The Morgan fingerprint density at radius 1 is 1.07 bits per heavy atom. The molecule has 0 bridgehead atoms. The molecule has 1 fully saturated rings. The Morgan fingerprint density at radius 3 is 2.50 bits per heavy atom. The molecule has 3 aromatic carbocycles. The summed E-state index contributed by atoms with van der Waals surface area (Å²) in [5, 5.41) is 12.6. The van der Waals surface area contributed by atoms with Gasteiger partial charge in [0.15, 0.2) is 13.7 Å². The molecule has 2 radical (unpaired) electrons. The summed E-state index contributed by atoms with van der Waals surface area (Å²) in [5.41, 5.74) is 3.24. The van der Waals surface area contributed by atoms with Crippen molar-refractivity contribution < 1.29 is 14.6 Å². The van der Waals surface area contributed by atoms with Crippen molar-refractivity contribution >= 4 is 19.6 Å². The van der Waals surface area contributed by atoms with Crippen LogP contribution in [-0.2, 0) is 0 Å². The minimum absolute atomic E-state index is 0.225. The van der Waals surface area contributed by atoms with E-state index in [9.17, 15) is 4.79 Å². The standard InChI is InChI=1S/C24H23BN2O3/c25-27-14-4-7-20(27)16-26-22-13-10-19(17-5-2-1-3-6-17)15-23(22)30-21-11-8-18(9-12-21)24(28)29/h1-3,5-6,8-13,15,20,26H,4,7,14,16H2,(H,28,29)/t20-/m0/s1. The fourth-order valence-electron chi connectivity index (χ4n) is 3.66. The van der Waals surface area contributed by atoms with Crippen LogP contribution in [0.2, 0.25) is 0 Å². The summed E-state index contributed by atoms with van der Waals surface area (Å²) in [7, 11) is 6.06. The molecule has 1 aliphatic heterocycles. The summed E-state index contributed by atoms with van der Waals surface area (Å²) in [6.45, 7) is 1.65. The molecule has 0 aliphatic carbocycles. The van der Waals surface area contributed by atoms with Gasteiger partial charge in [0.2, 0.25) is 0 Å². The number of carboxylic acids is 1. The quantitative estimate of drug-likeness (QED) is 0.560. The molecular formula is C24H23BN2O3. The lowest BCUT2D eigenvalue weighted by molar-refractivity contribution is 0.0697. The van der Waals surface area contributed by atoms with Gasteiger partial charge in [-0.15, -0.1) is 0 Å². The predicted octanol–water partition coefficient (Wildman–Crippen LogP) is 4.80. The lowest BCUT2D eigenvalue weighted by Gasteiger charge is -2.22. The average molecular weight is 398 g/mol. The Morgan fingerprint density at radius 2 is 1.83 bits per heavy atom. The number of ether oxygens (including phenoxy) is 1. The fourth-order valence-corrected chi connectivity index (χ4v) is 3.66. The van der Waals surface area contributed by atoms with E-state index in [0.717, 1.165) is 42.7 Å². The van der Waals surface area contributed by atoms with Crippen LogP contribution in [0.5, 0.6) is 11.5 Å². The van der Waals surface area contributed by atoms with E-state index in [-0.39, 0.29) is 5.56 Å². The van der Waals surface area contributed by atoms with E-state index in [1.807, 2.05) is 35.1 Å². The maximum absolute atomic E-state index is 11.1. The molecule has 1 aliphatic rings. The second kappa shape index (κ2) is 9.05. The SMILES string of the molecule is [B]N1CCC[C@H]1CNc1ccc(-c2ccccc2)cc1Oc1ccc(C(=O)O)cc1. The first-order valence-electron chi connectivity index (χ1n) is 10.1. The monoisotopic (exact) mass is 398 g/mol. The average Bonchev–Trinajstić information content (AvgIpc) is 3.18. The van der Waals surface area contributed by atoms with E-state index in [4.69, 9.17) is 17.8 Å². The highest BCUT2D eigenvalue weighted by Crippen LogP contribution is 2.34. The third kappa shape index (κ3) is 4.66. The van der Waals surface area contributed by atoms with Gasteiger partial charge >= 0.3 is 5.97 Å². The number of carboxylic acid groups (broad SMARTS) is 1. The van der Waals surface area contributed by atoms with Gasteiger partial charge in [-0.25, -0.2) is 4.79 Å². The van der Waals surface area contributed by atoms with Crippen LogP contribution in [0.4, 0.5) is 5.69 Å². The first kappa shape index (κ1) is 20.0. The zero-order valence-corrected chi connectivity index (χ0v) is 16.6. The number of anilines is 1. The first-order chi connectivity index (χ1) is 14.6. The maximum atomic E-state index is 11.1. The van der Waals surface area contributed by atoms with Crippen molar-refractivity contribution in [1.29, 1.82) is 0 Å². The van der Waals surface area contributed by atoms with Crippen LogP contribution in [-0.4, -0.2) is 43.0 Å². The number of aromatic carboxylic acids is 1. The molecule has 4 rings (SSSR count). The predicted molar refractivity (Wildman–Crippen MR) is 119 cm³/mol. The van der Waals surface area contributed by atoms with Gasteiger partial charge in [0.25, 0.3) is 0 Å². The highest BCUT2D eigenvalue weighted by Gasteiger charge is 2.20. The Balaban J connectivity index is 1.60. The van der Waals surface area contributed by atoms with Crippen molar-refractivity contribution in [3.63, 3.8) is 0 Å². The third-order valence-corrected chi connectivity index (χ3v) is 5.37. The number of hydrogen-bond donors (Lipinski definition) is 2. The highest BCUT2D eigenvalue weighted by atomic mass is 16.5. The van der Waals surface area contributed by atoms with Crippen LogP contribution >= 0.6 is 0 Å². The maximum Gasteiger partial charge on any atom is 0.335 e. The summed E-state index contributed by atoms with van der Waals surface area (Å²) in [6, 6.07) is 22.9. The van der Waals surface area contributed by atoms with Crippen LogP contribution in [0.1, 0.15) is 23.2 Å².